The van der Waals surface area contributed by atoms with Gasteiger partial charge < -0.3 is 15.8 Å². The van der Waals surface area contributed by atoms with Crippen LogP contribution in [0.4, 0.5) is 5.82 Å². The van der Waals surface area contributed by atoms with Gasteiger partial charge in [0.25, 0.3) is 5.91 Å². The Morgan fingerprint density at radius 1 is 1.06 bits per heavy atom. The summed E-state index contributed by atoms with van der Waals surface area (Å²) in [6.07, 6.45) is 1.78. The number of ether oxygens (including phenoxy) is 1. The van der Waals surface area contributed by atoms with Crippen LogP contribution in [0, 0.1) is 11.3 Å². The molecule has 0 atom stereocenters. The molecule has 0 bridgehead atoms. The number of amides is 1. The van der Waals surface area contributed by atoms with Gasteiger partial charge in [-0.2, -0.15) is 5.26 Å². The van der Waals surface area contributed by atoms with Gasteiger partial charge in [0.1, 0.15) is 12.4 Å². The zero-order valence-corrected chi connectivity index (χ0v) is 17.8. The fraction of sp³-hybridized carbons (Fsp3) is 0.240. The summed E-state index contributed by atoms with van der Waals surface area (Å²) in [5, 5.41) is 11.1. The number of pyridine rings is 1. The number of nitrogens with zero attached hydrogens (tertiary/aromatic N) is 3. The number of nitrogens with one attached hydrogen (secondary N) is 1. The van der Waals surface area contributed by atoms with E-state index in [4.69, 9.17) is 15.7 Å². The number of hydrogen-bond donors (Lipinski definition) is 2. The molecule has 1 aromatic heterocycles. The number of morpholine rings is 1. The van der Waals surface area contributed by atoms with Gasteiger partial charge in [-0.25, -0.2) is 4.98 Å². The third-order valence-electron chi connectivity index (χ3n) is 5.50. The van der Waals surface area contributed by atoms with Gasteiger partial charge in [-0.1, -0.05) is 36.4 Å². The van der Waals surface area contributed by atoms with Crippen LogP contribution in [-0.4, -0.2) is 48.6 Å². The van der Waals surface area contributed by atoms with Crippen molar-refractivity contribution in [3.63, 3.8) is 0 Å². The predicted molar refractivity (Wildman–Crippen MR) is 124 cm³/mol. The molecule has 1 fully saturated rings. The lowest BCUT2D eigenvalue weighted by molar-refractivity contribution is 0.0342. The molecule has 0 aliphatic carbocycles. The van der Waals surface area contributed by atoms with Crippen LogP contribution >= 0.6 is 0 Å². The van der Waals surface area contributed by atoms with Gasteiger partial charge in [-0.15, -0.1) is 0 Å². The van der Waals surface area contributed by atoms with Crippen LogP contribution in [0.25, 0.3) is 22.3 Å². The number of carbonyl (C=O) groups is 1. The number of nitrogen functional groups attached to an aromatic ring is 1. The Hall–Kier alpha value is -3.73. The minimum absolute atomic E-state index is 0.0231. The average molecular weight is 428 g/mol. The summed E-state index contributed by atoms with van der Waals surface area (Å²) < 4.78 is 5.42. The molecule has 4 rings (SSSR count). The van der Waals surface area contributed by atoms with E-state index >= 15 is 0 Å². The summed E-state index contributed by atoms with van der Waals surface area (Å²) in [4.78, 5) is 18.8. The van der Waals surface area contributed by atoms with E-state index in [9.17, 15) is 4.79 Å². The number of benzene rings is 2. The number of anilines is 1. The Labute approximate surface area is 187 Å². The third kappa shape index (κ3) is 5.11. The zero-order chi connectivity index (χ0) is 22.3. The highest BCUT2D eigenvalue weighted by Gasteiger charge is 2.12. The molecule has 3 aromatic rings. The third-order valence-corrected chi connectivity index (χ3v) is 5.50. The molecular weight excluding hydrogens is 402 g/mol. The number of nitriles is 1. The molecule has 1 amide bonds. The molecule has 32 heavy (non-hydrogen) atoms. The Balaban J connectivity index is 1.51. The SMILES string of the molecule is N#CCNC(=O)c1ccc(-c2cc(-c3ccc(CN4CCOCC4)cc3)cnc2N)cc1. The first-order chi connectivity index (χ1) is 15.6. The maximum absolute atomic E-state index is 12.0. The standard InChI is InChI=1S/C25H25N5O2/c26-9-10-28-25(31)21-7-5-20(6-8-21)23-15-22(16-29-24(23)27)19-3-1-18(2-4-19)17-30-11-13-32-14-12-30/h1-8,15-16H,10-14,17H2,(H2,27,29)(H,28,31). The summed E-state index contributed by atoms with van der Waals surface area (Å²) in [5.41, 5.74) is 11.6. The summed E-state index contributed by atoms with van der Waals surface area (Å²) in [5.74, 6) is 0.148. The van der Waals surface area contributed by atoms with Crippen molar-refractivity contribution in [3.05, 3.63) is 71.9 Å². The molecule has 1 saturated heterocycles. The van der Waals surface area contributed by atoms with E-state index in [-0.39, 0.29) is 12.5 Å². The van der Waals surface area contributed by atoms with Gasteiger partial charge in [-0.3, -0.25) is 9.69 Å². The topological polar surface area (TPSA) is 104 Å². The lowest BCUT2D eigenvalue weighted by atomic mass is 9.99. The molecule has 2 aromatic carbocycles. The lowest BCUT2D eigenvalue weighted by Crippen LogP contribution is -2.35. The monoisotopic (exact) mass is 427 g/mol. The quantitative estimate of drug-likeness (QED) is 0.586. The van der Waals surface area contributed by atoms with Gasteiger partial charge >= 0.3 is 0 Å². The maximum atomic E-state index is 12.0. The Morgan fingerprint density at radius 2 is 1.75 bits per heavy atom. The summed E-state index contributed by atoms with van der Waals surface area (Å²) in [6, 6.07) is 19.5. The van der Waals surface area contributed by atoms with E-state index in [1.807, 2.05) is 24.3 Å². The summed E-state index contributed by atoms with van der Waals surface area (Å²) in [6.45, 7) is 4.42. The smallest absolute Gasteiger partial charge is 0.252 e. The van der Waals surface area contributed by atoms with Gasteiger partial charge in [0.05, 0.1) is 19.3 Å². The molecule has 7 nitrogen and oxygen atoms in total. The van der Waals surface area contributed by atoms with E-state index < -0.39 is 0 Å². The first-order valence-corrected chi connectivity index (χ1v) is 10.5. The van der Waals surface area contributed by atoms with Gasteiger partial charge in [0.2, 0.25) is 0 Å². The van der Waals surface area contributed by atoms with Crippen LogP contribution in [0.2, 0.25) is 0 Å². The van der Waals surface area contributed by atoms with Crippen molar-refractivity contribution >= 4 is 11.7 Å². The molecule has 7 heteroatoms. The minimum atomic E-state index is -0.282. The number of nitrogens with two attached hydrogens (primary N) is 1. The number of aromatic nitrogens is 1. The highest BCUT2D eigenvalue weighted by molar-refractivity contribution is 5.95. The van der Waals surface area contributed by atoms with Crippen molar-refractivity contribution in [3.8, 4) is 28.3 Å². The second-order valence-corrected chi connectivity index (χ2v) is 7.66. The normalized spacial score (nSPS) is 14.0. The van der Waals surface area contributed by atoms with Gasteiger partial charge in [-0.05, 0) is 34.9 Å². The minimum Gasteiger partial charge on any atom is -0.383 e. The van der Waals surface area contributed by atoms with Crippen molar-refractivity contribution in [1.29, 1.82) is 5.26 Å². The van der Waals surface area contributed by atoms with Crippen molar-refractivity contribution < 1.29 is 9.53 Å². The van der Waals surface area contributed by atoms with Crippen LogP contribution in [0.1, 0.15) is 15.9 Å². The molecule has 3 N–H and O–H groups in total. The molecule has 1 aliphatic rings. The maximum Gasteiger partial charge on any atom is 0.252 e. The second kappa shape index (κ2) is 10.1. The van der Waals surface area contributed by atoms with Crippen molar-refractivity contribution in [2.45, 2.75) is 6.54 Å². The van der Waals surface area contributed by atoms with Crippen LogP contribution in [0.5, 0.6) is 0 Å². The second-order valence-electron chi connectivity index (χ2n) is 7.66. The molecule has 162 valence electrons. The molecule has 1 aliphatic heterocycles. The van der Waals surface area contributed by atoms with Crippen LogP contribution in [0.3, 0.4) is 0 Å². The van der Waals surface area contributed by atoms with Crippen molar-refractivity contribution in [2.24, 2.45) is 0 Å². The highest BCUT2D eigenvalue weighted by Crippen LogP contribution is 2.30. The molecule has 0 radical (unpaired) electrons. The number of rotatable bonds is 6. The molecule has 0 unspecified atom stereocenters. The predicted octanol–water partition coefficient (Wildman–Crippen LogP) is 3.08. The van der Waals surface area contributed by atoms with Gasteiger partial charge in [0, 0.05) is 42.5 Å². The molecule has 2 heterocycles. The van der Waals surface area contributed by atoms with Gasteiger partial charge in [0.15, 0.2) is 0 Å². The van der Waals surface area contributed by atoms with Crippen molar-refractivity contribution in [2.75, 3.05) is 38.6 Å². The fourth-order valence-electron chi connectivity index (χ4n) is 3.71. The Morgan fingerprint density at radius 3 is 2.44 bits per heavy atom. The number of hydrogen-bond acceptors (Lipinski definition) is 6. The summed E-state index contributed by atoms with van der Waals surface area (Å²) in [7, 11) is 0. The molecule has 0 saturated carbocycles. The van der Waals surface area contributed by atoms with E-state index in [1.165, 1.54) is 5.56 Å². The first kappa shape index (κ1) is 21.5. The van der Waals surface area contributed by atoms with Crippen LogP contribution in [0.15, 0.2) is 60.8 Å². The van der Waals surface area contributed by atoms with Crippen LogP contribution in [-0.2, 0) is 11.3 Å². The van der Waals surface area contributed by atoms with E-state index in [0.717, 1.165) is 55.1 Å². The van der Waals surface area contributed by atoms with Crippen LogP contribution < -0.4 is 11.1 Å². The first-order valence-electron chi connectivity index (χ1n) is 10.5. The van der Waals surface area contributed by atoms with E-state index in [0.29, 0.717) is 11.4 Å². The Kier molecular flexibility index (Phi) is 6.75. The zero-order valence-electron chi connectivity index (χ0n) is 17.8. The summed E-state index contributed by atoms with van der Waals surface area (Å²) >= 11 is 0. The van der Waals surface area contributed by atoms with E-state index in [1.54, 1.807) is 18.3 Å². The molecule has 0 spiro atoms. The Bertz CT molecular complexity index is 1110. The number of carbonyl (C=O) groups excluding carboxylic acids is 1. The largest absolute Gasteiger partial charge is 0.383 e. The lowest BCUT2D eigenvalue weighted by Gasteiger charge is -2.26. The van der Waals surface area contributed by atoms with E-state index in [2.05, 4.69) is 39.5 Å². The highest BCUT2D eigenvalue weighted by atomic mass is 16.5. The average Bonchev–Trinajstić information content (AvgIpc) is 2.84. The van der Waals surface area contributed by atoms with Crippen molar-refractivity contribution in [1.82, 2.24) is 15.2 Å². The fourth-order valence-corrected chi connectivity index (χ4v) is 3.71. The molecular formula is C25H25N5O2.